The highest BCUT2D eigenvalue weighted by Gasteiger charge is 2.15. The summed E-state index contributed by atoms with van der Waals surface area (Å²) in [6.45, 7) is 5.74. The Bertz CT molecular complexity index is 522. The van der Waals surface area contributed by atoms with E-state index in [0.717, 1.165) is 25.1 Å². The lowest BCUT2D eigenvalue weighted by Crippen LogP contribution is -2.23. The van der Waals surface area contributed by atoms with Crippen molar-refractivity contribution in [2.24, 2.45) is 0 Å². The summed E-state index contributed by atoms with van der Waals surface area (Å²) >= 11 is 0. The maximum atomic E-state index is 13.9. The van der Waals surface area contributed by atoms with Crippen LogP contribution < -0.4 is 5.32 Å². The predicted molar refractivity (Wildman–Crippen MR) is 74.4 cm³/mol. The van der Waals surface area contributed by atoms with E-state index in [1.165, 1.54) is 6.07 Å². The number of halogens is 1. The smallest absolute Gasteiger partial charge is 0.127 e. The van der Waals surface area contributed by atoms with Crippen LogP contribution in [-0.2, 0) is 13.0 Å². The van der Waals surface area contributed by atoms with Gasteiger partial charge in [-0.15, -0.1) is 0 Å². The number of benzene rings is 1. The molecule has 1 aromatic heterocycles. The van der Waals surface area contributed by atoms with Gasteiger partial charge in [-0.05, 0) is 31.5 Å². The molecule has 0 aliphatic carbocycles. The van der Waals surface area contributed by atoms with Gasteiger partial charge in [0.25, 0.3) is 0 Å². The summed E-state index contributed by atoms with van der Waals surface area (Å²) < 4.78 is 15.8. The van der Waals surface area contributed by atoms with Crippen molar-refractivity contribution in [1.82, 2.24) is 15.1 Å². The van der Waals surface area contributed by atoms with Crippen LogP contribution in [0.4, 0.5) is 4.39 Å². The number of rotatable bonds is 6. The molecular weight excluding hydrogens is 241 g/mol. The molecule has 1 unspecified atom stereocenters. The highest BCUT2D eigenvalue weighted by molar-refractivity contribution is 5.23. The van der Waals surface area contributed by atoms with Gasteiger partial charge in [-0.1, -0.05) is 25.1 Å². The molecule has 102 valence electrons. The summed E-state index contributed by atoms with van der Waals surface area (Å²) in [5.41, 5.74) is 1.84. The molecule has 1 N–H and O–H groups in total. The van der Waals surface area contributed by atoms with Crippen LogP contribution in [0.2, 0.25) is 0 Å². The Morgan fingerprint density at radius 1 is 1.32 bits per heavy atom. The first kappa shape index (κ1) is 13.7. The first-order chi connectivity index (χ1) is 9.24. The Labute approximate surface area is 113 Å². The Morgan fingerprint density at radius 3 is 2.74 bits per heavy atom. The Balaban J connectivity index is 2.18. The van der Waals surface area contributed by atoms with Gasteiger partial charge in [0.1, 0.15) is 5.82 Å². The van der Waals surface area contributed by atoms with Crippen molar-refractivity contribution in [2.45, 2.75) is 32.9 Å². The highest BCUT2D eigenvalue weighted by atomic mass is 19.1. The minimum Gasteiger partial charge on any atom is -0.310 e. The third-order valence-electron chi connectivity index (χ3n) is 3.18. The molecule has 0 saturated heterocycles. The lowest BCUT2D eigenvalue weighted by Gasteiger charge is -2.18. The van der Waals surface area contributed by atoms with Crippen molar-refractivity contribution in [1.29, 1.82) is 0 Å². The molecule has 0 aliphatic rings. The molecule has 1 heterocycles. The zero-order valence-corrected chi connectivity index (χ0v) is 11.4. The van der Waals surface area contributed by atoms with Crippen LogP contribution in [0.15, 0.2) is 36.7 Å². The molecule has 3 nitrogen and oxygen atoms in total. The summed E-state index contributed by atoms with van der Waals surface area (Å²) in [6, 6.07) is 6.93. The fourth-order valence-electron chi connectivity index (χ4n) is 2.22. The van der Waals surface area contributed by atoms with Gasteiger partial charge < -0.3 is 5.32 Å². The van der Waals surface area contributed by atoms with Crippen molar-refractivity contribution in [3.05, 3.63) is 53.6 Å². The van der Waals surface area contributed by atoms with E-state index in [9.17, 15) is 4.39 Å². The van der Waals surface area contributed by atoms with Crippen LogP contribution in [0.1, 0.15) is 31.0 Å². The van der Waals surface area contributed by atoms with E-state index < -0.39 is 0 Å². The van der Waals surface area contributed by atoms with E-state index in [-0.39, 0.29) is 11.9 Å². The fourth-order valence-corrected chi connectivity index (χ4v) is 2.22. The maximum absolute atomic E-state index is 13.9. The van der Waals surface area contributed by atoms with Crippen LogP contribution >= 0.6 is 0 Å². The number of nitrogens with zero attached hydrogens (tertiary/aromatic N) is 2. The van der Waals surface area contributed by atoms with Crippen LogP contribution in [-0.4, -0.2) is 16.3 Å². The molecule has 0 amide bonds. The molecule has 2 aromatic rings. The number of nitrogens with one attached hydrogen (secondary N) is 1. The quantitative estimate of drug-likeness (QED) is 0.866. The van der Waals surface area contributed by atoms with Crippen LogP contribution in [0, 0.1) is 5.82 Å². The van der Waals surface area contributed by atoms with E-state index in [2.05, 4.69) is 17.3 Å². The monoisotopic (exact) mass is 261 g/mol. The van der Waals surface area contributed by atoms with Gasteiger partial charge >= 0.3 is 0 Å². The molecule has 4 heteroatoms. The third-order valence-corrected chi connectivity index (χ3v) is 3.18. The first-order valence-corrected chi connectivity index (χ1v) is 6.73. The standard InChI is InChI=1S/C15H20FN3/c1-3-17-15(13-7-5-6-8-14(13)16)9-12-10-18-19(4-2)11-12/h5-8,10-11,15,17H,3-4,9H2,1-2H3. The molecule has 0 spiro atoms. The van der Waals surface area contributed by atoms with E-state index in [4.69, 9.17) is 0 Å². The van der Waals surface area contributed by atoms with E-state index in [1.807, 2.05) is 36.1 Å². The highest BCUT2D eigenvalue weighted by Crippen LogP contribution is 2.21. The average molecular weight is 261 g/mol. The number of likely N-dealkylation sites (N-methyl/N-ethyl adjacent to an activating group) is 1. The van der Waals surface area contributed by atoms with Crippen LogP contribution in [0.25, 0.3) is 0 Å². The molecule has 0 aliphatic heterocycles. The zero-order valence-electron chi connectivity index (χ0n) is 11.4. The van der Waals surface area contributed by atoms with Crippen molar-refractivity contribution < 1.29 is 4.39 Å². The van der Waals surface area contributed by atoms with Crippen molar-refractivity contribution in [3.8, 4) is 0 Å². The number of aryl methyl sites for hydroxylation is 1. The van der Waals surface area contributed by atoms with Gasteiger partial charge in [0.15, 0.2) is 0 Å². The summed E-state index contributed by atoms with van der Waals surface area (Å²) in [4.78, 5) is 0. The largest absolute Gasteiger partial charge is 0.310 e. The van der Waals surface area contributed by atoms with Gasteiger partial charge in [0.05, 0.1) is 6.20 Å². The first-order valence-electron chi connectivity index (χ1n) is 6.73. The van der Waals surface area contributed by atoms with Gasteiger partial charge in [-0.25, -0.2) is 4.39 Å². The average Bonchev–Trinajstić information content (AvgIpc) is 2.87. The molecule has 1 aromatic carbocycles. The van der Waals surface area contributed by atoms with Crippen LogP contribution in [0.5, 0.6) is 0 Å². The minimum atomic E-state index is -0.156. The van der Waals surface area contributed by atoms with Crippen molar-refractivity contribution in [2.75, 3.05) is 6.54 Å². The van der Waals surface area contributed by atoms with E-state index in [0.29, 0.717) is 5.56 Å². The minimum absolute atomic E-state index is 0.0132. The van der Waals surface area contributed by atoms with Crippen molar-refractivity contribution >= 4 is 0 Å². The van der Waals surface area contributed by atoms with Gasteiger partial charge in [-0.2, -0.15) is 5.10 Å². The lowest BCUT2D eigenvalue weighted by molar-refractivity contribution is 0.510. The molecule has 1 atom stereocenters. The molecule has 0 saturated carbocycles. The number of hydrogen-bond donors (Lipinski definition) is 1. The van der Waals surface area contributed by atoms with Crippen LogP contribution in [0.3, 0.4) is 0 Å². The number of aromatic nitrogens is 2. The topological polar surface area (TPSA) is 29.9 Å². The fraction of sp³-hybridized carbons (Fsp3) is 0.400. The maximum Gasteiger partial charge on any atom is 0.127 e. The van der Waals surface area contributed by atoms with Crippen molar-refractivity contribution in [3.63, 3.8) is 0 Å². The van der Waals surface area contributed by atoms with Gasteiger partial charge in [0, 0.05) is 24.3 Å². The zero-order chi connectivity index (χ0) is 13.7. The summed E-state index contributed by atoms with van der Waals surface area (Å²) in [5, 5.41) is 7.60. The Kier molecular flexibility index (Phi) is 4.68. The number of hydrogen-bond acceptors (Lipinski definition) is 2. The third kappa shape index (κ3) is 3.41. The van der Waals surface area contributed by atoms with Gasteiger partial charge in [0.2, 0.25) is 0 Å². The normalized spacial score (nSPS) is 12.6. The van der Waals surface area contributed by atoms with Gasteiger partial charge in [-0.3, -0.25) is 4.68 Å². The summed E-state index contributed by atoms with van der Waals surface area (Å²) in [5.74, 6) is -0.156. The molecule has 2 rings (SSSR count). The molecule has 0 bridgehead atoms. The predicted octanol–water partition coefficient (Wildman–Crippen LogP) is 2.94. The summed E-state index contributed by atoms with van der Waals surface area (Å²) in [6.07, 6.45) is 4.62. The Morgan fingerprint density at radius 2 is 2.11 bits per heavy atom. The molecule has 19 heavy (non-hydrogen) atoms. The van der Waals surface area contributed by atoms with E-state index in [1.54, 1.807) is 6.07 Å². The summed E-state index contributed by atoms with van der Waals surface area (Å²) in [7, 11) is 0. The molecule has 0 radical (unpaired) electrons. The second kappa shape index (κ2) is 6.48. The molecule has 0 fully saturated rings. The second-order valence-electron chi connectivity index (χ2n) is 4.54. The lowest BCUT2D eigenvalue weighted by atomic mass is 10.00. The Hall–Kier alpha value is -1.68. The van der Waals surface area contributed by atoms with E-state index >= 15 is 0 Å². The molecular formula is C15H20FN3. The second-order valence-corrected chi connectivity index (χ2v) is 4.54. The SMILES string of the molecule is CCNC(Cc1cnn(CC)c1)c1ccccc1F.